The maximum Gasteiger partial charge on any atom is 0.253 e. The van der Waals surface area contributed by atoms with E-state index < -0.39 is 35.1 Å². The van der Waals surface area contributed by atoms with E-state index in [9.17, 15) is 19.5 Å². The van der Waals surface area contributed by atoms with Crippen LogP contribution in [0.3, 0.4) is 0 Å². The Morgan fingerprint density at radius 1 is 0.872 bits per heavy atom. The lowest BCUT2D eigenvalue weighted by molar-refractivity contribution is -0.153. The van der Waals surface area contributed by atoms with Crippen molar-refractivity contribution in [2.75, 3.05) is 42.6 Å². The van der Waals surface area contributed by atoms with Gasteiger partial charge in [-0.3, -0.25) is 14.4 Å². The number of hydrogen-bond acceptors (Lipinski definition) is 6. The van der Waals surface area contributed by atoms with Crippen LogP contribution in [0, 0.1) is 17.8 Å². The number of amides is 3. The van der Waals surface area contributed by atoms with Crippen LogP contribution < -0.4 is 9.80 Å². The Bertz CT molecular complexity index is 1540. The van der Waals surface area contributed by atoms with Gasteiger partial charge in [-0.2, -0.15) is 0 Å². The lowest BCUT2D eigenvalue weighted by Gasteiger charge is -2.41. The molecule has 4 aliphatic rings. The van der Waals surface area contributed by atoms with Crippen molar-refractivity contribution in [3.8, 4) is 0 Å². The minimum atomic E-state index is -1.39. The number of hydrogen-bond donors (Lipinski definition) is 1. The summed E-state index contributed by atoms with van der Waals surface area (Å²) in [6.07, 6.45) is 8.18. The second kappa shape index (κ2) is 12.9. The zero-order valence-corrected chi connectivity index (χ0v) is 28.2. The van der Waals surface area contributed by atoms with Crippen LogP contribution in [0.4, 0.5) is 11.4 Å². The van der Waals surface area contributed by atoms with Crippen molar-refractivity contribution < 1.29 is 24.2 Å². The number of ether oxygens (including phenoxy) is 1. The third-order valence-corrected chi connectivity index (χ3v) is 10.8. The number of aliphatic hydroxyl groups excluding tert-OH is 1. The Morgan fingerprint density at radius 2 is 1.55 bits per heavy atom. The fourth-order valence-corrected chi connectivity index (χ4v) is 8.34. The Hall–Kier alpha value is -3.95. The van der Waals surface area contributed by atoms with Gasteiger partial charge in [-0.05, 0) is 56.0 Å². The molecule has 0 aromatic heterocycles. The third kappa shape index (κ3) is 5.28. The average molecular weight is 641 g/mol. The largest absolute Gasteiger partial charge is 0.394 e. The van der Waals surface area contributed by atoms with Crippen LogP contribution in [-0.4, -0.2) is 88.7 Å². The van der Waals surface area contributed by atoms with Gasteiger partial charge in [0, 0.05) is 44.1 Å². The number of rotatable bonds is 10. The Morgan fingerprint density at radius 3 is 2.17 bits per heavy atom. The van der Waals surface area contributed by atoms with E-state index in [1.54, 1.807) is 14.7 Å². The lowest BCUT2D eigenvalue weighted by atomic mass is 9.73. The van der Waals surface area contributed by atoms with Crippen LogP contribution in [0.1, 0.15) is 46.6 Å². The highest BCUT2D eigenvalue weighted by molar-refractivity contribution is 6.06. The number of nitrogens with zero attached hydrogens (tertiary/aromatic N) is 4. The van der Waals surface area contributed by atoms with Crippen molar-refractivity contribution in [2.45, 2.75) is 70.9 Å². The second-order valence-electron chi connectivity index (χ2n) is 13.5. The molecule has 9 heteroatoms. The molecule has 3 amide bonds. The van der Waals surface area contributed by atoms with Crippen LogP contribution in [0.15, 0.2) is 78.9 Å². The van der Waals surface area contributed by atoms with Crippen LogP contribution in [0.25, 0.3) is 0 Å². The molecule has 2 aromatic rings. The zero-order chi connectivity index (χ0) is 33.5. The fourth-order valence-electron chi connectivity index (χ4n) is 8.34. The summed E-state index contributed by atoms with van der Waals surface area (Å²) in [6, 6.07) is 16.1. The van der Waals surface area contributed by atoms with E-state index >= 15 is 0 Å². The van der Waals surface area contributed by atoms with Gasteiger partial charge < -0.3 is 29.4 Å². The van der Waals surface area contributed by atoms with Crippen LogP contribution in [-0.2, 0) is 25.7 Å². The normalized spacial score (nSPS) is 29.1. The van der Waals surface area contributed by atoms with Gasteiger partial charge in [-0.25, -0.2) is 0 Å². The molecular weight excluding hydrogens is 592 g/mol. The molecule has 4 aliphatic heterocycles. The summed E-state index contributed by atoms with van der Waals surface area (Å²) in [7, 11) is 0. The Balaban J connectivity index is 1.45. The molecule has 47 heavy (non-hydrogen) atoms. The molecular formula is C38H48N4O5. The van der Waals surface area contributed by atoms with Gasteiger partial charge in [0.05, 0.1) is 30.1 Å². The summed E-state index contributed by atoms with van der Waals surface area (Å²) in [5, 5.41) is 10.7. The molecule has 0 bridgehead atoms. The smallest absolute Gasteiger partial charge is 0.253 e. The topological polar surface area (TPSA) is 93.6 Å². The van der Waals surface area contributed by atoms with E-state index in [1.807, 2.05) is 99.7 Å². The van der Waals surface area contributed by atoms with Gasteiger partial charge in [0.15, 0.2) is 0 Å². The van der Waals surface area contributed by atoms with Gasteiger partial charge in [0.2, 0.25) is 11.8 Å². The third-order valence-electron chi connectivity index (χ3n) is 10.8. The van der Waals surface area contributed by atoms with Crippen molar-refractivity contribution in [2.24, 2.45) is 17.8 Å². The molecule has 250 valence electrons. The summed E-state index contributed by atoms with van der Waals surface area (Å²) in [4.78, 5) is 51.8. The molecule has 2 fully saturated rings. The van der Waals surface area contributed by atoms with E-state index in [0.717, 1.165) is 30.0 Å². The van der Waals surface area contributed by atoms with E-state index in [0.29, 0.717) is 26.1 Å². The first-order valence-corrected chi connectivity index (χ1v) is 17.1. The quantitative estimate of drug-likeness (QED) is 0.387. The van der Waals surface area contributed by atoms with Gasteiger partial charge >= 0.3 is 0 Å². The molecule has 1 spiro atoms. The number of aliphatic hydroxyl groups is 1. The van der Waals surface area contributed by atoms with Crippen LogP contribution in [0.2, 0.25) is 0 Å². The van der Waals surface area contributed by atoms with Crippen molar-refractivity contribution >= 4 is 29.1 Å². The Kier molecular flexibility index (Phi) is 9.06. The van der Waals surface area contributed by atoms with Crippen LogP contribution in [0.5, 0.6) is 0 Å². The highest BCUT2D eigenvalue weighted by Crippen LogP contribution is 2.59. The number of carbonyl (C=O) groups is 3. The molecule has 2 saturated heterocycles. The molecule has 0 aliphatic carbocycles. The maximum absolute atomic E-state index is 15.0. The standard InChI is InChI=1S/C38H48N4O5/c1-6-37-20-12-22-40(24-27-14-10-9-11-15-27)34(44)31(37)32-35(45)42(30(25-43)26(4)5)33-36(46)41(23-13-21-38(32,33)47-37)29-18-16-28(17-19-29)39(7-2)8-3/h9-21,26,30-33,43H,6-8,22-25H2,1-5H3/t30-,31-,32-,33?,37+,38-/m0/s1. The molecule has 1 unspecified atom stereocenters. The summed E-state index contributed by atoms with van der Waals surface area (Å²) < 4.78 is 7.14. The molecule has 0 saturated carbocycles. The fraction of sp³-hybridized carbons (Fsp3) is 0.500. The van der Waals surface area contributed by atoms with E-state index in [4.69, 9.17) is 4.74 Å². The highest BCUT2D eigenvalue weighted by Gasteiger charge is 2.76. The van der Waals surface area contributed by atoms with Crippen LogP contribution >= 0.6 is 0 Å². The summed E-state index contributed by atoms with van der Waals surface area (Å²) in [5.74, 6) is -2.66. The minimum absolute atomic E-state index is 0.142. The summed E-state index contributed by atoms with van der Waals surface area (Å²) in [6.45, 7) is 12.6. The molecule has 4 heterocycles. The van der Waals surface area contributed by atoms with Crippen molar-refractivity contribution in [1.29, 1.82) is 0 Å². The van der Waals surface area contributed by atoms with Gasteiger partial charge in [0.25, 0.3) is 5.91 Å². The Labute approximate surface area is 278 Å². The molecule has 6 atom stereocenters. The number of likely N-dealkylation sites (tertiary alicyclic amines) is 1. The number of anilines is 2. The predicted octanol–water partition coefficient (Wildman–Crippen LogP) is 4.41. The minimum Gasteiger partial charge on any atom is -0.394 e. The predicted molar refractivity (Wildman–Crippen MR) is 183 cm³/mol. The van der Waals surface area contributed by atoms with Gasteiger partial charge in [0.1, 0.15) is 11.6 Å². The average Bonchev–Trinajstić information content (AvgIpc) is 3.37. The van der Waals surface area contributed by atoms with Crippen molar-refractivity contribution in [1.82, 2.24) is 9.80 Å². The zero-order valence-electron chi connectivity index (χ0n) is 28.2. The maximum atomic E-state index is 15.0. The van der Waals surface area contributed by atoms with E-state index in [2.05, 4.69) is 18.7 Å². The molecule has 1 N–H and O–H groups in total. The highest BCUT2D eigenvalue weighted by atomic mass is 16.5. The molecule has 6 rings (SSSR count). The number of carbonyl (C=O) groups excluding carboxylic acids is 3. The second-order valence-corrected chi connectivity index (χ2v) is 13.5. The van der Waals surface area contributed by atoms with E-state index in [1.165, 1.54) is 0 Å². The molecule has 0 radical (unpaired) electrons. The lowest BCUT2D eigenvalue weighted by Crippen LogP contribution is -2.60. The molecule has 9 nitrogen and oxygen atoms in total. The molecule has 2 aromatic carbocycles. The number of fused-ring (bicyclic) bond motifs is 2. The first-order valence-electron chi connectivity index (χ1n) is 17.1. The van der Waals surface area contributed by atoms with Gasteiger partial charge in [-0.1, -0.05) is 75.4 Å². The van der Waals surface area contributed by atoms with Crippen molar-refractivity contribution in [3.63, 3.8) is 0 Å². The monoisotopic (exact) mass is 640 g/mol. The summed E-state index contributed by atoms with van der Waals surface area (Å²) >= 11 is 0. The summed E-state index contributed by atoms with van der Waals surface area (Å²) in [5.41, 5.74) is 0.334. The SMILES string of the molecule is CCN(CC)c1ccc(N2CC=C[C@]34O[C@]5(CC)C=CCN(Cc6ccccc6)C(=O)[C@@H]5[C@H]3C(=O)N([C@@H](CO)C(C)C)C4C2=O)cc1. The first-order chi connectivity index (χ1) is 22.7. The van der Waals surface area contributed by atoms with E-state index in [-0.39, 0.29) is 30.2 Å². The number of benzene rings is 2. The first kappa shape index (κ1) is 33.0. The van der Waals surface area contributed by atoms with Gasteiger partial charge in [-0.15, -0.1) is 0 Å². The van der Waals surface area contributed by atoms with Crippen molar-refractivity contribution in [3.05, 3.63) is 84.5 Å².